The van der Waals surface area contributed by atoms with Gasteiger partial charge in [-0.3, -0.25) is 0 Å². The molecular formula is C24H27NO4. The lowest BCUT2D eigenvalue weighted by molar-refractivity contribution is 0.306. The summed E-state index contributed by atoms with van der Waals surface area (Å²) in [7, 11) is 4.86. The molecule has 0 fully saturated rings. The van der Waals surface area contributed by atoms with Crippen molar-refractivity contribution in [3.63, 3.8) is 0 Å². The summed E-state index contributed by atoms with van der Waals surface area (Å²) in [5.41, 5.74) is 3.30. The Morgan fingerprint density at radius 3 is 2.17 bits per heavy atom. The Hall–Kier alpha value is -3.18. The summed E-state index contributed by atoms with van der Waals surface area (Å²) >= 11 is 0. The smallest absolute Gasteiger partial charge is 0.203 e. The Morgan fingerprint density at radius 2 is 1.45 bits per heavy atom. The summed E-state index contributed by atoms with van der Waals surface area (Å²) in [5.74, 6) is 2.79. The van der Waals surface area contributed by atoms with Gasteiger partial charge in [0.05, 0.1) is 21.3 Å². The topological polar surface area (TPSA) is 49.0 Å². The zero-order valence-electron chi connectivity index (χ0n) is 17.1. The van der Waals surface area contributed by atoms with Crippen molar-refractivity contribution in [3.8, 4) is 23.0 Å². The number of hydrogen-bond donors (Lipinski definition) is 1. The van der Waals surface area contributed by atoms with Crippen molar-refractivity contribution in [3.05, 3.63) is 83.4 Å². The van der Waals surface area contributed by atoms with Gasteiger partial charge in [0.1, 0.15) is 12.4 Å². The Bertz CT molecular complexity index is 912. The molecular weight excluding hydrogens is 366 g/mol. The van der Waals surface area contributed by atoms with Crippen LogP contribution in [0, 0.1) is 0 Å². The molecule has 0 aliphatic heterocycles. The Labute approximate surface area is 172 Å². The molecule has 3 aromatic rings. The maximum atomic E-state index is 5.91. The second-order valence-corrected chi connectivity index (χ2v) is 6.52. The van der Waals surface area contributed by atoms with Gasteiger partial charge in [0.15, 0.2) is 11.5 Å². The molecule has 152 valence electrons. The molecule has 0 saturated carbocycles. The van der Waals surface area contributed by atoms with Crippen LogP contribution in [-0.4, -0.2) is 21.3 Å². The first-order chi connectivity index (χ1) is 14.2. The minimum atomic E-state index is 0.556. The predicted octanol–water partition coefficient (Wildman–Crippen LogP) is 4.58. The molecule has 0 radical (unpaired) electrons. The molecule has 0 aliphatic carbocycles. The van der Waals surface area contributed by atoms with Crippen molar-refractivity contribution in [2.45, 2.75) is 19.7 Å². The van der Waals surface area contributed by atoms with E-state index in [9.17, 15) is 0 Å². The summed E-state index contributed by atoms with van der Waals surface area (Å²) in [6.45, 7) is 1.90. The first kappa shape index (κ1) is 20.6. The third kappa shape index (κ3) is 5.42. The van der Waals surface area contributed by atoms with Crippen molar-refractivity contribution >= 4 is 0 Å². The zero-order chi connectivity index (χ0) is 20.5. The van der Waals surface area contributed by atoms with Crippen LogP contribution in [0.4, 0.5) is 0 Å². The van der Waals surface area contributed by atoms with E-state index >= 15 is 0 Å². The largest absolute Gasteiger partial charge is 0.493 e. The van der Waals surface area contributed by atoms with Crippen molar-refractivity contribution < 1.29 is 18.9 Å². The molecule has 0 amide bonds. The summed E-state index contributed by atoms with van der Waals surface area (Å²) in [6, 6.07) is 22.1. The molecule has 0 bridgehead atoms. The van der Waals surface area contributed by atoms with Crippen LogP contribution < -0.4 is 24.3 Å². The van der Waals surface area contributed by atoms with Gasteiger partial charge in [0.2, 0.25) is 5.75 Å². The van der Waals surface area contributed by atoms with Crippen LogP contribution in [0.25, 0.3) is 0 Å². The molecule has 29 heavy (non-hydrogen) atoms. The molecule has 5 nitrogen and oxygen atoms in total. The minimum Gasteiger partial charge on any atom is -0.493 e. The monoisotopic (exact) mass is 393 g/mol. The number of rotatable bonds is 10. The summed E-state index contributed by atoms with van der Waals surface area (Å²) < 4.78 is 22.2. The maximum absolute atomic E-state index is 5.91. The molecule has 0 atom stereocenters. The van der Waals surface area contributed by atoms with E-state index < -0.39 is 0 Å². The summed E-state index contributed by atoms with van der Waals surface area (Å²) in [4.78, 5) is 0. The van der Waals surface area contributed by atoms with E-state index in [2.05, 4.69) is 29.6 Å². The van der Waals surface area contributed by atoms with Crippen molar-refractivity contribution in [2.75, 3.05) is 21.3 Å². The molecule has 0 aromatic heterocycles. The van der Waals surface area contributed by atoms with Crippen LogP contribution in [0.5, 0.6) is 23.0 Å². The quantitative estimate of drug-likeness (QED) is 0.546. The third-order valence-corrected chi connectivity index (χ3v) is 4.58. The fourth-order valence-electron chi connectivity index (χ4n) is 3.13. The second-order valence-electron chi connectivity index (χ2n) is 6.52. The van der Waals surface area contributed by atoms with Crippen LogP contribution in [0.1, 0.15) is 16.7 Å². The highest BCUT2D eigenvalue weighted by atomic mass is 16.5. The summed E-state index contributed by atoms with van der Waals surface area (Å²) in [6.07, 6.45) is 0. The van der Waals surface area contributed by atoms with Crippen LogP contribution >= 0.6 is 0 Å². The average molecular weight is 393 g/mol. The number of nitrogens with one attached hydrogen (secondary N) is 1. The van der Waals surface area contributed by atoms with Crippen LogP contribution in [-0.2, 0) is 19.7 Å². The number of methoxy groups -OCH3 is 3. The van der Waals surface area contributed by atoms with E-state index in [0.29, 0.717) is 36.9 Å². The van der Waals surface area contributed by atoms with Gasteiger partial charge in [-0.1, -0.05) is 48.5 Å². The number of hydrogen-bond acceptors (Lipinski definition) is 5. The van der Waals surface area contributed by atoms with Crippen molar-refractivity contribution in [1.82, 2.24) is 5.32 Å². The lowest BCUT2D eigenvalue weighted by atomic mass is 10.1. The van der Waals surface area contributed by atoms with Gasteiger partial charge in [-0.25, -0.2) is 0 Å². The lowest BCUT2D eigenvalue weighted by Crippen LogP contribution is -2.14. The van der Waals surface area contributed by atoms with Crippen LogP contribution in [0.3, 0.4) is 0 Å². The first-order valence-corrected chi connectivity index (χ1v) is 9.49. The second kappa shape index (κ2) is 10.4. The van der Waals surface area contributed by atoms with E-state index in [1.54, 1.807) is 21.3 Å². The molecule has 0 aliphatic rings. The predicted molar refractivity (Wildman–Crippen MR) is 114 cm³/mol. The van der Waals surface area contributed by atoms with E-state index in [1.807, 2.05) is 42.5 Å². The first-order valence-electron chi connectivity index (χ1n) is 9.49. The molecule has 5 heteroatoms. The number of benzene rings is 3. The Morgan fingerprint density at radius 1 is 0.690 bits per heavy atom. The van der Waals surface area contributed by atoms with E-state index in [-0.39, 0.29) is 0 Å². The highest BCUT2D eigenvalue weighted by molar-refractivity contribution is 5.55. The minimum absolute atomic E-state index is 0.556. The normalized spacial score (nSPS) is 10.4. The van der Waals surface area contributed by atoms with Gasteiger partial charge in [0.25, 0.3) is 0 Å². The third-order valence-electron chi connectivity index (χ3n) is 4.58. The fraction of sp³-hybridized carbons (Fsp3) is 0.250. The standard InChI is InChI=1S/C24H27NO4/c1-26-22-13-12-20(23(27-2)24(22)28-3)16-25-15-19-10-7-11-21(14-19)29-17-18-8-5-4-6-9-18/h4-14,25H,15-17H2,1-3H3. The van der Waals surface area contributed by atoms with Gasteiger partial charge in [-0.2, -0.15) is 0 Å². The average Bonchev–Trinajstić information content (AvgIpc) is 2.78. The van der Waals surface area contributed by atoms with Gasteiger partial charge in [-0.15, -0.1) is 0 Å². The highest BCUT2D eigenvalue weighted by Gasteiger charge is 2.15. The lowest BCUT2D eigenvalue weighted by Gasteiger charge is -2.16. The fourth-order valence-corrected chi connectivity index (χ4v) is 3.13. The van der Waals surface area contributed by atoms with E-state index in [4.69, 9.17) is 18.9 Å². The van der Waals surface area contributed by atoms with E-state index in [0.717, 1.165) is 22.4 Å². The zero-order valence-corrected chi connectivity index (χ0v) is 17.1. The number of ether oxygens (including phenoxy) is 4. The molecule has 1 N–H and O–H groups in total. The van der Waals surface area contributed by atoms with Gasteiger partial charge in [-0.05, 0) is 29.3 Å². The van der Waals surface area contributed by atoms with Crippen LogP contribution in [0.2, 0.25) is 0 Å². The Kier molecular flexibility index (Phi) is 7.36. The molecule has 3 rings (SSSR count). The van der Waals surface area contributed by atoms with Gasteiger partial charge >= 0.3 is 0 Å². The van der Waals surface area contributed by atoms with Gasteiger partial charge in [0, 0.05) is 18.7 Å². The maximum Gasteiger partial charge on any atom is 0.203 e. The highest BCUT2D eigenvalue weighted by Crippen LogP contribution is 2.39. The van der Waals surface area contributed by atoms with Crippen molar-refractivity contribution in [2.24, 2.45) is 0 Å². The SMILES string of the molecule is COc1ccc(CNCc2cccc(OCc3ccccc3)c2)c(OC)c1OC. The van der Waals surface area contributed by atoms with E-state index in [1.165, 1.54) is 0 Å². The van der Waals surface area contributed by atoms with Crippen molar-refractivity contribution in [1.29, 1.82) is 0 Å². The molecule has 3 aromatic carbocycles. The molecule has 0 spiro atoms. The molecule has 0 heterocycles. The molecule has 0 saturated heterocycles. The van der Waals surface area contributed by atoms with Crippen LogP contribution in [0.15, 0.2) is 66.7 Å². The van der Waals surface area contributed by atoms with Gasteiger partial charge < -0.3 is 24.3 Å². The summed E-state index contributed by atoms with van der Waals surface area (Å²) in [5, 5.41) is 3.45. The molecule has 0 unspecified atom stereocenters. The Balaban J connectivity index is 1.59.